The maximum absolute atomic E-state index is 13.1. The van der Waals surface area contributed by atoms with E-state index in [0.717, 1.165) is 24.0 Å². The van der Waals surface area contributed by atoms with Gasteiger partial charge in [-0.3, -0.25) is 4.79 Å². The molecule has 0 bridgehead atoms. The molecule has 2 fully saturated rings. The van der Waals surface area contributed by atoms with E-state index >= 15 is 0 Å². The SMILES string of the molecule is CCC(=O)N(C1CCOCC1)C1CCN(S(=O)(=O)c2ccc(C)cc2C)CC1. The van der Waals surface area contributed by atoms with E-state index in [4.69, 9.17) is 4.74 Å². The molecule has 2 saturated heterocycles. The number of aryl methyl sites for hydroxylation is 2. The Balaban J connectivity index is 1.72. The van der Waals surface area contributed by atoms with Gasteiger partial charge in [0.2, 0.25) is 15.9 Å². The molecule has 1 amide bonds. The average molecular weight is 409 g/mol. The molecule has 0 N–H and O–H groups in total. The van der Waals surface area contributed by atoms with Crippen LogP contribution in [0.3, 0.4) is 0 Å². The van der Waals surface area contributed by atoms with Crippen molar-refractivity contribution in [1.82, 2.24) is 9.21 Å². The summed E-state index contributed by atoms with van der Waals surface area (Å²) in [6, 6.07) is 5.79. The third kappa shape index (κ3) is 4.42. The molecule has 1 aromatic carbocycles. The molecule has 2 aliphatic rings. The molecule has 3 rings (SSSR count). The third-order valence-electron chi connectivity index (χ3n) is 5.94. The van der Waals surface area contributed by atoms with Crippen molar-refractivity contribution in [2.24, 2.45) is 0 Å². The van der Waals surface area contributed by atoms with Crippen molar-refractivity contribution in [3.05, 3.63) is 29.3 Å². The fourth-order valence-corrected chi connectivity index (χ4v) is 6.12. The van der Waals surface area contributed by atoms with Gasteiger partial charge < -0.3 is 9.64 Å². The first-order valence-electron chi connectivity index (χ1n) is 10.3. The molecule has 0 atom stereocenters. The number of ether oxygens (including phenoxy) is 1. The minimum Gasteiger partial charge on any atom is -0.381 e. The summed E-state index contributed by atoms with van der Waals surface area (Å²) in [5.74, 6) is 0.169. The van der Waals surface area contributed by atoms with Crippen LogP contribution in [0.1, 0.15) is 50.2 Å². The lowest BCUT2D eigenvalue weighted by Crippen LogP contribution is -2.53. The van der Waals surface area contributed by atoms with Crippen LogP contribution in [0.15, 0.2) is 23.1 Å². The summed E-state index contributed by atoms with van der Waals surface area (Å²) >= 11 is 0. The maximum atomic E-state index is 13.1. The highest BCUT2D eigenvalue weighted by Gasteiger charge is 2.36. The van der Waals surface area contributed by atoms with Crippen molar-refractivity contribution in [3.63, 3.8) is 0 Å². The quantitative estimate of drug-likeness (QED) is 0.751. The predicted molar refractivity (Wildman–Crippen MR) is 109 cm³/mol. The number of nitrogens with zero attached hydrogens (tertiary/aromatic N) is 2. The summed E-state index contributed by atoms with van der Waals surface area (Å²) in [6.07, 6.45) is 3.60. The van der Waals surface area contributed by atoms with Crippen molar-refractivity contribution >= 4 is 15.9 Å². The van der Waals surface area contributed by atoms with Gasteiger partial charge in [0.05, 0.1) is 4.90 Å². The Labute approximate surface area is 168 Å². The van der Waals surface area contributed by atoms with E-state index in [1.54, 1.807) is 10.4 Å². The Morgan fingerprint density at radius 2 is 1.71 bits per heavy atom. The number of hydrogen-bond donors (Lipinski definition) is 0. The molecule has 0 aliphatic carbocycles. The van der Waals surface area contributed by atoms with Crippen LogP contribution in [-0.4, -0.2) is 61.9 Å². The molecular weight excluding hydrogens is 376 g/mol. The van der Waals surface area contributed by atoms with Gasteiger partial charge in [-0.15, -0.1) is 0 Å². The third-order valence-corrected chi connectivity index (χ3v) is 8.00. The zero-order valence-corrected chi connectivity index (χ0v) is 18.0. The van der Waals surface area contributed by atoms with Crippen LogP contribution in [0, 0.1) is 13.8 Å². The smallest absolute Gasteiger partial charge is 0.243 e. The lowest BCUT2D eigenvalue weighted by Gasteiger charge is -2.43. The lowest BCUT2D eigenvalue weighted by molar-refractivity contribution is -0.139. The second-order valence-electron chi connectivity index (χ2n) is 7.90. The molecule has 0 saturated carbocycles. The number of rotatable bonds is 5. The summed E-state index contributed by atoms with van der Waals surface area (Å²) in [4.78, 5) is 15.1. The Morgan fingerprint density at radius 1 is 1.11 bits per heavy atom. The standard InChI is InChI=1S/C21H32N2O4S/c1-4-21(24)23(19-9-13-27-14-10-19)18-7-11-22(12-8-18)28(25,26)20-6-5-16(2)15-17(20)3/h5-6,15,18-19H,4,7-14H2,1-3H3. The summed E-state index contributed by atoms with van der Waals surface area (Å²) < 4.78 is 33.3. The van der Waals surface area contributed by atoms with Crippen LogP contribution >= 0.6 is 0 Å². The topological polar surface area (TPSA) is 66.9 Å². The van der Waals surface area contributed by atoms with Gasteiger partial charge in [-0.05, 0) is 51.2 Å². The summed E-state index contributed by atoms with van der Waals surface area (Å²) in [5.41, 5.74) is 1.84. The average Bonchev–Trinajstić information content (AvgIpc) is 2.69. The fourth-order valence-electron chi connectivity index (χ4n) is 4.44. The number of sulfonamides is 1. The van der Waals surface area contributed by atoms with Crippen LogP contribution < -0.4 is 0 Å². The molecule has 0 radical (unpaired) electrons. The summed E-state index contributed by atoms with van der Waals surface area (Å²) in [5, 5.41) is 0. The molecular formula is C21H32N2O4S. The first kappa shape index (κ1) is 21.3. The van der Waals surface area contributed by atoms with Crippen molar-refractivity contribution in [2.45, 2.75) is 69.9 Å². The lowest BCUT2D eigenvalue weighted by atomic mass is 9.98. The van der Waals surface area contributed by atoms with Crippen LogP contribution in [0.2, 0.25) is 0 Å². The number of carbonyl (C=O) groups is 1. The summed E-state index contributed by atoms with van der Waals surface area (Å²) in [7, 11) is -3.50. The molecule has 1 aromatic rings. The molecule has 0 aromatic heterocycles. The zero-order chi connectivity index (χ0) is 20.3. The van der Waals surface area contributed by atoms with Crippen LogP contribution in [-0.2, 0) is 19.6 Å². The molecule has 0 unspecified atom stereocenters. The van der Waals surface area contributed by atoms with E-state index in [9.17, 15) is 13.2 Å². The van der Waals surface area contributed by atoms with Crippen molar-refractivity contribution in [3.8, 4) is 0 Å². The largest absolute Gasteiger partial charge is 0.381 e. The number of amides is 1. The highest BCUT2D eigenvalue weighted by Crippen LogP contribution is 2.28. The fraction of sp³-hybridized carbons (Fsp3) is 0.667. The van der Waals surface area contributed by atoms with Gasteiger partial charge in [-0.25, -0.2) is 8.42 Å². The second kappa shape index (κ2) is 8.93. The van der Waals surface area contributed by atoms with Gasteiger partial charge in [0, 0.05) is 44.8 Å². The minimum absolute atomic E-state index is 0.112. The van der Waals surface area contributed by atoms with Crippen molar-refractivity contribution < 1.29 is 17.9 Å². The second-order valence-corrected chi connectivity index (χ2v) is 9.81. The molecule has 2 heterocycles. The van der Waals surface area contributed by atoms with E-state index in [2.05, 4.69) is 0 Å². The first-order valence-corrected chi connectivity index (χ1v) is 11.7. The Morgan fingerprint density at radius 3 is 2.29 bits per heavy atom. The Kier molecular flexibility index (Phi) is 6.78. The zero-order valence-electron chi connectivity index (χ0n) is 17.2. The van der Waals surface area contributed by atoms with Gasteiger partial charge in [-0.2, -0.15) is 4.31 Å². The number of carbonyl (C=O) groups excluding carboxylic acids is 1. The van der Waals surface area contributed by atoms with Gasteiger partial charge in [-0.1, -0.05) is 24.6 Å². The number of piperidine rings is 1. The van der Waals surface area contributed by atoms with Gasteiger partial charge in [0.25, 0.3) is 0 Å². The molecule has 0 spiro atoms. The van der Waals surface area contributed by atoms with Crippen LogP contribution in [0.4, 0.5) is 0 Å². The highest BCUT2D eigenvalue weighted by atomic mass is 32.2. The van der Waals surface area contributed by atoms with Gasteiger partial charge in [0.1, 0.15) is 0 Å². The van der Waals surface area contributed by atoms with E-state index in [0.29, 0.717) is 50.5 Å². The van der Waals surface area contributed by atoms with Crippen molar-refractivity contribution in [1.29, 1.82) is 0 Å². The first-order chi connectivity index (χ1) is 13.3. The van der Waals surface area contributed by atoms with E-state index < -0.39 is 10.0 Å². The predicted octanol–water partition coefficient (Wildman–Crippen LogP) is 2.87. The normalized spacial score (nSPS) is 20.2. The Bertz CT molecular complexity index is 795. The van der Waals surface area contributed by atoms with Crippen LogP contribution in [0.5, 0.6) is 0 Å². The Hall–Kier alpha value is -1.44. The molecule has 7 heteroatoms. The molecule has 28 heavy (non-hydrogen) atoms. The van der Waals surface area contributed by atoms with E-state index in [1.165, 1.54) is 0 Å². The number of benzene rings is 1. The molecule has 6 nitrogen and oxygen atoms in total. The maximum Gasteiger partial charge on any atom is 0.243 e. The highest BCUT2D eigenvalue weighted by molar-refractivity contribution is 7.89. The monoisotopic (exact) mass is 408 g/mol. The number of hydrogen-bond acceptors (Lipinski definition) is 4. The minimum atomic E-state index is -3.50. The van der Waals surface area contributed by atoms with Gasteiger partial charge in [0.15, 0.2) is 0 Å². The van der Waals surface area contributed by atoms with E-state index in [1.807, 2.05) is 37.8 Å². The van der Waals surface area contributed by atoms with Gasteiger partial charge >= 0.3 is 0 Å². The summed E-state index contributed by atoms with van der Waals surface area (Å²) in [6.45, 7) is 8.00. The van der Waals surface area contributed by atoms with Crippen molar-refractivity contribution in [2.75, 3.05) is 26.3 Å². The van der Waals surface area contributed by atoms with Crippen LogP contribution in [0.25, 0.3) is 0 Å². The molecule has 156 valence electrons. The molecule has 2 aliphatic heterocycles. The van der Waals surface area contributed by atoms with E-state index in [-0.39, 0.29) is 18.0 Å².